The number of nitrogens with zero attached hydrogens (tertiary/aromatic N) is 2. The third kappa shape index (κ3) is 3.24. The number of likely N-dealkylation sites (N-methyl/N-ethyl adjacent to an activating group) is 1. The molecule has 80 valence electrons. The molecule has 14 heavy (non-hydrogen) atoms. The normalized spacial score (nSPS) is 15.4. The fourth-order valence-electron chi connectivity index (χ4n) is 1.32. The zero-order valence-corrected chi connectivity index (χ0v) is 8.44. The second-order valence-electron chi connectivity index (χ2n) is 3.39. The predicted octanol–water partition coefficient (Wildman–Crippen LogP) is 0.307. The number of carbonyl (C=O) groups excluding carboxylic acids is 2. The van der Waals surface area contributed by atoms with Crippen LogP contribution in [0.3, 0.4) is 0 Å². The molecule has 0 N–H and O–H groups in total. The van der Waals surface area contributed by atoms with Crippen molar-refractivity contribution < 1.29 is 14.3 Å². The summed E-state index contributed by atoms with van der Waals surface area (Å²) in [5, 5.41) is 0. The van der Waals surface area contributed by atoms with E-state index in [1.807, 2.05) is 0 Å². The first kappa shape index (κ1) is 10.8. The molecule has 1 heterocycles. The van der Waals surface area contributed by atoms with E-state index in [1.165, 1.54) is 4.90 Å². The predicted molar refractivity (Wildman–Crippen MR) is 50.8 cm³/mol. The van der Waals surface area contributed by atoms with Crippen LogP contribution in [0.4, 0.5) is 4.79 Å². The van der Waals surface area contributed by atoms with Crippen molar-refractivity contribution in [2.45, 2.75) is 12.8 Å². The van der Waals surface area contributed by atoms with Gasteiger partial charge < -0.3 is 14.5 Å². The van der Waals surface area contributed by atoms with E-state index in [0.29, 0.717) is 13.0 Å². The Hall–Kier alpha value is -1.26. The minimum absolute atomic E-state index is 0.262. The van der Waals surface area contributed by atoms with Crippen LogP contribution < -0.4 is 0 Å². The summed E-state index contributed by atoms with van der Waals surface area (Å²) in [5.41, 5.74) is 0. The van der Waals surface area contributed by atoms with E-state index in [4.69, 9.17) is 4.74 Å². The fourth-order valence-corrected chi connectivity index (χ4v) is 1.32. The first-order valence-electron chi connectivity index (χ1n) is 4.81. The second-order valence-corrected chi connectivity index (χ2v) is 3.39. The Bertz CT molecular complexity index is 202. The summed E-state index contributed by atoms with van der Waals surface area (Å²) in [6, 6.07) is 0. The lowest BCUT2D eigenvalue weighted by Gasteiger charge is -2.16. The maximum absolute atomic E-state index is 11.3. The lowest BCUT2D eigenvalue weighted by atomic mass is 10.4. The van der Waals surface area contributed by atoms with E-state index in [9.17, 15) is 9.59 Å². The summed E-state index contributed by atoms with van der Waals surface area (Å²) < 4.78 is 4.98. The van der Waals surface area contributed by atoms with Gasteiger partial charge in [0.2, 0.25) is 6.41 Å². The summed E-state index contributed by atoms with van der Waals surface area (Å²) in [6.45, 7) is 2.30. The highest BCUT2D eigenvalue weighted by Gasteiger charge is 2.18. The molecule has 1 fully saturated rings. The van der Waals surface area contributed by atoms with Gasteiger partial charge in [-0.05, 0) is 12.8 Å². The van der Waals surface area contributed by atoms with Crippen molar-refractivity contribution in [3.63, 3.8) is 0 Å². The summed E-state index contributed by atoms with van der Waals surface area (Å²) >= 11 is 0. The van der Waals surface area contributed by atoms with Gasteiger partial charge in [0, 0.05) is 20.1 Å². The molecule has 5 nitrogen and oxygen atoms in total. The molecule has 1 rings (SSSR count). The van der Waals surface area contributed by atoms with E-state index < -0.39 is 0 Å². The number of ether oxygens (including phenoxy) is 1. The fraction of sp³-hybridized carbons (Fsp3) is 0.778. The van der Waals surface area contributed by atoms with E-state index >= 15 is 0 Å². The molecule has 0 aromatic carbocycles. The van der Waals surface area contributed by atoms with Crippen molar-refractivity contribution in [1.82, 2.24) is 9.80 Å². The van der Waals surface area contributed by atoms with Crippen LogP contribution >= 0.6 is 0 Å². The first-order valence-corrected chi connectivity index (χ1v) is 4.81. The Balaban J connectivity index is 2.11. The largest absolute Gasteiger partial charge is 0.448 e. The second kappa shape index (κ2) is 5.47. The molecule has 5 heteroatoms. The molecule has 0 aromatic heterocycles. The van der Waals surface area contributed by atoms with Crippen LogP contribution in [-0.4, -0.2) is 55.6 Å². The lowest BCUT2D eigenvalue weighted by Crippen LogP contribution is -2.31. The summed E-state index contributed by atoms with van der Waals surface area (Å²) in [6.07, 6.45) is 2.57. The third-order valence-corrected chi connectivity index (χ3v) is 2.21. The summed E-state index contributed by atoms with van der Waals surface area (Å²) in [5.74, 6) is 0. The standard InChI is InChI=1S/C9H16N2O3/c1-10(8-12)6-7-14-9(13)11-4-2-3-5-11/h8H,2-7H2,1H3. The van der Waals surface area contributed by atoms with E-state index in [2.05, 4.69) is 0 Å². The average Bonchev–Trinajstić information content (AvgIpc) is 2.70. The van der Waals surface area contributed by atoms with Gasteiger partial charge in [-0.1, -0.05) is 0 Å². The van der Waals surface area contributed by atoms with Crippen molar-refractivity contribution >= 4 is 12.5 Å². The Morgan fingerprint density at radius 2 is 2.14 bits per heavy atom. The molecule has 0 saturated carbocycles. The molecule has 1 aliphatic heterocycles. The number of carbonyl (C=O) groups is 2. The van der Waals surface area contributed by atoms with Crippen LogP contribution in [0.25, 0.3) is 0 Å². The molecular weight excluding hydrogens is 184 g/mol. The van der Waals surface area contributed by atoms with Gasteiger partial charge in [-0.25, -0.2) is 4.79 Å². The molecule has 0 spiro atoms. The van der Waals surface area contributed by atoms with Gasteiger partial charge in [0.05, 0.1) is 6.54 Å². The number of amides is 2. The molecule has 1 aliphatic rings. The van der Waals surface area contributed by atoms with Crippen LogP contribution in [0.15, 0.2) is 0 Å². The molecule has 0 radical (unpaired) electrons. The van der Waals surface area contributed by atoms with E-state index in [0.717, 1.165) is 25.9 Å². The van der Waals surface area contributed by atoms with Crippen LogP contribution in [0, 0.1) is 0 Å². The molecule has 2 amide bonds. The van der Waals surface area contributed by atoms with Gasteiger partial charge in [-0.3, -0.25) is 4.79 Å². The van der Waals surface area contributed by atoms with E-state index in [-0.39, 0.29) is 12.7 Å². The smallest absolute Gasteiger partial charge is 0.409 e. The maximum Gasteiger partial charge on any atom is 0.409 e. The zero-order chi connectivity index (χ0) is 10.4. The van der Waals surface area contributed by atoms with Crippen LogP contribution in [0.2, 0.25) is 0 Å². The molecule has 0 unspecified atom stereocenters. The molecule has 0 aromatic rings. The zero-order valence-electron chi connectivity index (χ0n) is 8.44. The topological polar surface area (TPSA) is 49.9 Å². The van der Waals surface area contributed by atoms with Crippen LogP contribution in [0.1, 0.15) is 12.8 Å². The van der Waals surface area contributed by atoms with Crippen LogP contribution in [-0.2, 0) is 9.53 Å². The number of rotatable bonds is 4. The Morgan fingerprint density at radius 3 is 2.71 bits per heavy atom. The van der Waals surface area contributed by atoms with Crippen molar-refractivity contribution in [3.8, 4) is 0 Å². The summed E-state index contributed by atoms with van der Waals surface area (Å²) in [7, 11) is 1.65. The molecule has 0 bridgehead atoms. The average molecular weight is 200 g/mol. The quantitative estimate of drug-likeness (QED) is 0.613. The molecule has 0 aliphatic carbocycles. The number of hydrogen-bond acceptors (Lipinski definition) is 3. The SMILES string of the molecule is CN(C=O)CCOC(=O)N1CCCC1. The summed E-state index contributed by atoms with van der Waals surface area (Å²) in [4.78, 5) is 24.7. The minimum Gasteiger partial charge on any atom is -0.448 e. The van der Waals surface area contributed by atoms with Gasteiger partial charge in [0.1, 0.15) is 6.61 Å². The highest BCUT2D eigenvalue weighted by atomic mass is 16.6. The lowest BCUT2D eigenvalue weighted by molar-refractivity contribution is -0.117. The minimum atomic E-state index is -0.262. The van der Waals surface area contributed by atoms with Crippen molar-refractivity contribution in [2.75, 3.05) is 33.3 Å². The molecular formula is C9H16N2O3. The number of hydrogen-bond donors (Lipinski definition) is 0. The Labute approximate surface area is 83.6 Å². The third-order valence-electron chi connectivity index (χ3n) is 2.21. The first-order chi connectivity index (χ1) is 6.74. The monoisotopic (exact) mass is 200 g/mol. The van der Waals surface area contributed by atoms with Crippen molar-refractivity contribution in [1.29, 1.82) is 0 Å². The van der Waals surface area contributed by atoms with E-state index in [1.54, 1.807) is 11.9 Å². The van der Waals surface area contributed by atoms with Gasteiger partial charge >= 0.3 is 6.09 Å². The van der Waals surface area contributed by atoms with Gasteiger partial charge in [-0.15, -0.1) is 0 Å². The molecule has 0 atom stereocenters. The molecule has 1 saturated heterocycles. The van der Waals surface area contributed by atoms with Crippen LogP contribution in [0.5, 0.6) is 0 Å². The number of likely N-dealkylation sites (tertiary alicyclic amines) is 1. The van der Waals surface area contributed by atoms with Crippen molar-refractivity contribution in [3.05, 3.63) is 0 Å². The van der Waals surface area contributed by atoms with Gasteiger partial charge in [0.15, 0.2) is 0 Å². The van der Waals surface area contributed by atoms with Gasteiger partial charge in [0.25, 0.3) is 0 Å². The Morgan fingerprint density at radius 1 is 1.50 bits per heavy atom. The highest BCUT2D eigenvalue weighted by Crippen LogP contribution is 2.08. The van der Waals surface area contributed by atoms with Crippen molar-refractivity contribution in [2.24, 2.45) is 0 Å². The highest BCUT2D eigenvalue weighted by molar-refractivity contribution is 5.67. The maximum atomic E-state index is 11.3. The van der Waals surface area contributed by atoms with Gasteiger partial charge in [-0.2, -0.15) is 0 Å². The Kier molecular flexibility index (Phi) is 4.22.